The standard InChI is InChI=1S/C22H25NO2/c1-2-25-21(24)16-10-5-11-17-22(18-23,19-12-6-3-7-13-19)20-14-8-4-9-15-20/h3-4,6-9,12-15H,2,5,10-11,16-17H2,1H3. The Labute approximate surface area is 150 Å². The first-order valence-corrected chi connectivity index (χ1v) is 8.91. The molecule has 0 saturated heterocycles. The average Bonchev–Trinajstić information content (AvgIpc) is 2.66. The summed E-state index contributed by atoms with van der Waals surface area (Å²) in [4.78, 5) is 11.4. The molecule has 130 valence electrons. The van der Waals surface area contributed by atoms with Crippen molar-refractivity contribution in [1.29, 1.82) is 5.26 Å². The first-order valence-electron chi connectivity index (χ1n) is 8.91. The number of hydrogen-bond donors (Lipinski definition) is 0. The number of carbonyl (C=O) groups is 1. The van der Waals surface area contributed by atoms with Crippen LogP contribution in [0.15, 0.2) is 60.7 Å². The van der Waals surface area contributed by atoms with Crippen molar-refractivity contribution < 1.29 is 9.53 Å². The summed E-state index contributed by atoms with van der Waals surface area (Å²) >= 11 is 0. The minimum absolute atomic E-state index is 0.139. The van der Waals surface area contributed by atoms with Gasteiger partial charge in [-0.2, -0.15) is 5.26 Å². The quantitative estimate of drug-likeness (QED) is 0.478. The van der Waals surface area contributed by atoms with E-state index < -0.39 is 5.41 Å². The van der Waals surface area contributed by atoms with Crippen molar-refractivity contribution in [2.75, 3.05) is 6.61 Å². The normalized spacial score (nSPS) is 10.9. The number of benzene rings is 2. The molecular formula is C22H25NO2. The van der Waals surface area contributed by atoms with Gasteiger partial charge >= 0.3 is 5.97 Å². The van der Waals surface area contributed by atoms with Crippen LogP contribution in [0.5, 0.6) is 0 Å². The molecule has 0 spiro atoms. The smallest absolute Gasteiger partial charge is 0.305 e. The molecule has 0 saturated carbocycles. The minimum atomic E-state index is -0.646. The van der Waals surface area contributed by atoms with Crippen LogP contribution in [0.2, 0.25) is 0 Å². The molecule has 3 nitrogen and oxygen atoms in total. The molecule has 0 bridgehead atoms. The molecule has 0 amide bonds. The topological polar surface area (TPSA) is 50.1 Å². The SMILES string of the molecule is CCOC(=O)CCCCCC(C#N)(c1ccccc1)c1ccccc1. The molecule has 0 heterocycles. The molecule has 2 aromatic rings. The molecule has 25 heavy (non-hydrogen) atoms. The number of carbonyl (C=O) groups excluding carboxylic acids is 1. The zero-order valence-electron chi connectivity index (χ0n) is 14.8. The van der Waals surface area contributed by atoms with Crippen LogP contribution in [0.1, 0.15) is 50.2 Å². The van der Waals surface area contributed by atoms with Crippen molar-refractivity contribution in [2.24, 2.45) is 0 Å². The fourth-order valence-corrected chi connectivity index (χ4v) is 3.16. The van der Waals surface area contributed by atoms with Gasteiger partial charge in [0.2, 0.25) is 0 Å². The van der Waals surface area contributed by atoms with Crippen LogP contribution in [0.3, 0.4) is 0 Å². The summed E-state index contributed by atoms with van der Waals surface area (Å²) in [6.45, 7) is 2.25. The Balaban J connectivity index is 2.09. The third-order valence-electron chi connectivity index (χ3n) is 4.46. The van der Waals surface area contributed by atoms with E-state index >= 15 is 0 Å². The highest BCUT2D eigenvalue weighted by Crippen LogP contribution is 2.36. The summed E-state index contributed by atoms with van der Waals surface area (Å²) < 4.78 is 4.96. The van der Waals surface area contributed by atoms with E-state index in [-0.39, 0.29) is 5.97 Å². The van der Waals surface area contributed by atoms with Gasteiger partial charge in [-0.1, -0.05) is 73.5 Å². The van der Waals surface area contributed by atoms with Crippen molar-refractivity contribution in [3.63, 3.8) is 0 Å². The maximum atomic E-state index is 11.4. The molecule has 0 aliphatic carbocycles. The summed E-state index contributed by atoms with van der Waals surface area (Å²) in [7, 11) is 0. The van der Waals surface area contributed by atoms with Crippen molar-refractivity contribution in [1.82, 2.24) is 0 Å². The molecule has 3 heteroatoms. The van der Waals surface area contributed by atoms with Crippen LogP contribution in [-0.4, -0.2) is 12.6 Å². The van der Waals surface area contributed by atoms with E-state index in [1.807, 2.05) is 67.6 Å². The maximum absolute atomic E-state index is 11.4. The molecule has 0 aliphatic heterocycles. The molecule has 0 unspecified atom stereocenters. The van der Waals surface area contributed by atoms with Gasteiger partial charge in [0.1, 0.15) is 5.41 Å². The summed E-state index contributed by atoms with van der Waals surface area (Å²) in [6.07, 6.45) is 3.77. The average molecular weight is 335 g/mol. The fraction of sp³-hybridized carbons (Fsp3) is 0.364. The van der Waals surface area contributed by atoms with Gasteiger partial charge in [-0.05, 0) is 30.9 Å². The van der Waals surface area contributed by atoms with Gasteiger partial charge in [0.25, 0.3) is 0 Å². The molecular weight excluding hydrogens is 310 g/mol. The van der Waals surface area contributed by atoms with Crippen molar-refractivity contribution in [3.05, 3.63) is 71.8 Å². The lowest BCUT2D eigenvalue weighted by molar-refractivity contribution is -0.143. The number of unbranched alkanes of at least 4 members (excludes halogenated alkanes) is 2. The Morgan fingerprint density at radius 1 is 0.960 bits per heavy atom. The van der Waals surface area contributed by atoms with Crippen molar-refractivity contribution >= 4 is 5.97 Å². The van der Waals surface area contributed by atoms with Crippen LogP contribution < -0.4 is 0 Å². The Hall–Kier alpha value is -2.60. The van der Waals surface area contributed by atoms with E-state index in [9.17, 15) is 10.1 Å². The fourth-order valence-electron chi connectivity index (χ4n) is 3.16. The van der Waals surface area contributed by atoms with Gasteiger partial charge in [0.15, 0.2) is 0 Å². The molecule has 0 aliphatic rings. The number of rotatable bonds is 9. The Kier molecular flexibility index (Phi) is 7.22. The number of hydrogen-bond acceptors (Lipinski definition) is 3. The van der Waals surface area contributed by atoms with Gasteiger partial charge < -0.3 is 4.74 Å². The van der Waals surface area contributed by atoms with Gasteiger partial charge in [-0.15, -0.1) is 0 Å². The highest BCUT2D eigenvalue weighted by Gasteiger charge is 2.33. The van der Waals surface area contributed by atoms with Crippen LogP contribution in [0, 0.1) is 11.3 Å². The second-order valence-corrected chi connectivity index (χ2v) is 6.11. The van der Waals surface area contributed by atoms with E-state index in [1.54, 1.807) is 0 Å². The number of nitriles is 1. The van der Waals surface area contributed by atoms with Crippen LogP contribution in [0.4, 0.5) is 0 Å². The third kappa shape index (κ3) is 4.93. The van der Waals surface area contributed by atoms with Crippen molar-refractivity contribution in [2.45, 2.75) is 44.4 Å². The maximum Gasteiger partial charge on any atom is 0.305 e. The summed E-state index contributed by atoms with van der Waals surface area (Å²) in [5, 5.41) is 10.1. The second kappa shape index (κ2) is 9.64. The number of ether oxygens (including phenoxy) is 1. The molecule has 2 rings (SSSR count). The van der Waals surface area contributed by atoms with Crippen LogP contribution in [-0.2, 0) is 14.9 Å². The summed E-state index contributed by atoms with van der Waals surface area (Å²) in [6, 6.07) is 22.5. The Bertz CT molecular complexity index is 649. The van der Waals surface area contributed by atoms with Gasteiger partial charge in [-0.25, -0.2) is 0 Å². The first kappa shape index (κ1) is 18.7. The minimum Gasteiger partial charge on any atom is -0.466 e. The van der Waals surface area contributed by atoms with Gasteiger partial charge in [-0.3, -0.25) is 4.79 Å². The lowest BCUT2D eigenvalue weighted by Crippen LogP contribution is -2.25. The molecule has 0 aromatic heterocycles. The number of esters is 1. The predicted molar refractivity (Wildman–Crippen MR) is 99.0 cm³/mol. The van der Waals surface area contributed by atoms with Crippen molar-refractivity contribution in [3.8, 4) is 6.07 Å². The molecule has 0 fully saturated rings. The molecule has 0 radical (unpaired) electrons. The molecule has 0 N–H and O–H groups in total. The highest BCUT2D eigenvalue weighted by molar-refractivity contribution is 5.69. The summed E-state index contributed by atoms with van der Waals surface area (Å²) in [5.74, 6) is -0.139. The van der Waals surface area contributed by atoms with E-state index in [0.717, 1.165) is 36.8 Å². The Morgan fingerprint density at radius 3 is 2.00 bits per heavy atom. The van der Waals surface area contributed by atoms with Crippen LogP contribution in [0.25, 0.3) is 0 Å². The highest BCUT2D eigenvalue weighted by atomic mass is 16.5. The largest absolute Gasteiger partial charge is 0.466 e. The monoisotopic (exact) mass is 335 g/mol. The van der Waals surface area contributed by atoms with E-state index in [0.29, 0.717) is 13.0 Å². The van der Waals surface area contributed by atoms with E-state index in [1.165, 1.54) is 0 Å². The van der Waals surface area contributed by atoms with Gasteiger partial charge in [0.05, 0.1) is 12.7 Å². The molecule has 2 aromatic carbocycles. The second-order valence-electron chi connectivity index (χ2n) is 6.11. The predicted octanol–water partition coefficient (Wildman–Crippen LogP) is 5.01. The lowest BCUT2D eigenvalue weighted by Gasteiger charge is -2.28. The first-order chi connectivity index (χ1) is 12.2. The summed E-state index contributed by atoms with van der Waals surface area (Å²) in [5.41, 5.74) is 1.40. The van der Waals surface area contributed by atoms with Crippen LogP contribution >= 0.6 is 0 Å². The van der Waals surface area contributed by atoms with Gasteiger partial charge in [0, 0.05) is 6.42 Å². The third-order valence-corrected chi connectivity index (χ3v) is 4.46. The zero-order chi connectivity index (χ0) is 18.0. The zero-order valence-corrected chi connectivity index (χ0v) is 14.8. The lowest BCUT2D eigenvalue weighted by atomic mass is 9.72. The molecule has 0 atom stereocenters. The Morgan fingerprint density at radius 2 is 1.52 bits per heavy atom. The number of nitrogens with zero attached hydrogens (tertiary/aromatic N) is 1. The van der Waals surface area contributed by atoms with E-state index in [4.69, 9.17) is 4.74 Å². The van der Waals surface area contributed by atoms with E-state index in [2.05, 4.69) is 6.07 Å².